The quantitative estimate of drug-likeness (QED) is 0.573. The van der Waals surface area contributed by atoms with Crippen molar-refractivity contribution in [2.75, 3.05) is 17.7 Å². The van der Waals surface area contributed by atoms with Crippen molar-refractivity contribution < 1.29 is 9.59 Å². The minimum Gasteiger partial charge on any atom is -0.387 e. The zero-order valence-electron chi connectivity index (χ0n) is 14.6. The van der Waals surface area contributed by atoms with Crippen molar-refractivity contribution >= 4 is 28.6 Å². The van der Waals surface area contributed by atoms with Crippen molar-refractivity contribution in [3.8, 4) is 0 Å². The van der Waals surface area contributed by atoms with Gasteiger partial charge in [0.2, 0.25) is 0 Å². The van der Waals surface area contributed by atoms with E-state index in [1.165, 1.54) is 0 Å². The summed E-state index contributed by atoms with van der Waals surface area (Å²) in [7, 11) is 1.77. The van der Waals surface area contributed by atoms with Gasteiger partial charge in [0.1, 0.15) is 0 Å². The van der Waals surface area contributed by atoms with Crippen LogP contribution < -0.4 is 10.6 Å². The molecule has 4 nitrogen and oxygen atoms in total. The molecule has 0 atom stereocenters. The second kappa shape index (κ2) is 6.15. The summed E-state index contributed by atoms with van der Waals surface area (Å²) in [5.74, 6) is -0.260. The maximum atomic E-state index is 13.2. The molecule has 2 N–H and O–H groups in total. The smallest absolute Gasteiger partial charge is 0.196 e. The van der Waals surface area contributed by atoms with E-state index in [-0.39, 0.29) is 11.6 Å². The maximum absolute atomic E-state index is 13.2. The van der Waals surface area contributed by atoms with Gasteiger partial charge in [0.15, 0.2) is 11.6 Å². The van der Waals surface area contributed by atoms with Crippen molar-refractivity contribution in [2.45, 2.75) is 6.92 Å². The number of rotatable bonds is 3. The van der Waals surface area contributed by atoms with E-state index in [0.717, 1.165) is 11.3 Å². The summed E-state index contributed by atoms with van der Waals surface area (Å²) in [4.78, 5) is 26.4. The van der Waals surface area contributed by atoms with Crippen molar-refractivity contribution in [2.24, 2.45) is 0 Å². The van der Waals surface area contributed by atoms with Crippen LogP contribution in [0.15, 0.2) is 60.7 Å². The Bertz CT molecular complexity index is 1040. The summed E-state index contributed by atoms with van der Waals surface area (Å²) in [6.45, 7) is 1.93. The molecule has 3 aromatic carbocycles. The molecule has 4 heteroatoms. The van der Waals surface area contributed by atoms with E-state index in [1.807, 2.05) is 43.3 Å². The molecular formula is C22H18N2O2. The third-order valence-electron chi connectivity index (χ3n) is 4.70. The Morgan fingerprint density at radius 3 is 1.96 bits per heavy atom. The lowest BCUT2D eigenvalue weighted by Gasteiger charge is -2.24. The van der Waals surface area contributed by atoms with E-state index in [4.69, 9.17) is 0 Å². The molecule has 4 rings (SSSR count). The van der Waals surface area contributed by atoms with Crippen LogP contribution in [0.5, 0.6) is 0 Å². The number of ketones is 2. The highest BCUT2D eigenvalue weighted by Crippen LogP contribution is 2.39. The fraction of sp³-hybridized carbons (Fsp3) is 0.0909. The summed E-state index contributed by atoms with van der Waals surface area (Å²) >= 11 is 0. The summed E-state index contributed by atoms with van der Waals surface area (Å²) in [5.41, 5.74) is 4.89. The number of benzene rings is 3. The Labute approximate surface area is 151 Å². The number of hydrogen-bond donors (Lipinski definition) is 2. The summed E-state index contributed by atoms with van der Waals surface area (Å²) in [5, 5.41) is 6.40. The molecule has 128 valence electrons. The Kier molecular flexibility index (Phi) is 3.81. The zero-order valence-corrected chi connectivity index (χ0v) is 14.6. The first-order valence-corrected chi connectivity index (χ1v) is 8.47. The minimum absolute atomic E-state index is 0.126. The molecule has 0 fully saturated rings. The Morgan fingerprint density at radius 1 is 0.769 bits per heavy atom. The average molecular weight is 342 g/mol. The first-order valence-electron chi connectivity index (χ1n) is 8.47. The molecule has 3 aromatic rings. The molecule has 0 heterocycles. The van der Waals surface area contributed by atoms with Gasteiger partial charge in [0.05, 0.1) is 16.8 Å². The molecule has 1 aliphatic carbocycles. The fourth-order valence-electron chi connectivity index (χ4n) is 3.53. The van der Waals surface area contributed by atoms with E-state index in [9.17, 15) is 9.59 Å². The zero-order chi connectivity index (χ0) is 18.3. The predicted octanol–water partition coefficient (Wildman–Crippen LogP) is 4.56. The lowest BCUT2D eigenvalue weighted by atomic mass is 9.81. The number of para-hydroxylation sites is 1. The molecule has 0 radical (unpaired) electrons. The lowest BCUT2D eigenvalue weighted by Crippen LogP contribution is -2.24. The van der Waals surface area contributed by atoms with Crippen LogP contribution in [-0.2, 0) is 0 Å². The van der Waals surface area contributed by atoms with Crippen molar-refractivity contribution in [3.63, 3.8) is 0 Å². The molecule has 0 saturated heterocycles. The van der Waals surface area contributed by atoms with Crippen LogP contribution >= 0.6 is 0 Å². The van der Waals surface area contributed by atoms with Crippen molar-refractivity contribution in [1.82, 2.24) is 0 Å². The molecular weight excluding hydrogens is 324 g/mol. The molecule has 0 amide bonds. The average Bonchev–Trinajstić information content (AvgIpc) is 2.66. The molecule has 0 spiro atoms. The van der Waals surface area contributed by atoms with Gasteiger partial charge in [-0.2, -0.15) is 0 Å². The summed E-state index contributed by atoms with van der Waals surface area (Å²) < 4.78 is 0. The van der Waals surface area contributed by atoms with Gasteiger partial charge in [0, 0.05) is 29.5 Å². The van der Waals surface area contributed by atoms with E-state index in [2.05, 4.69) is 10.6 Å². The number of nitrogens with one attached hydrogen (secondary N) is 2. The first kappa shape index (κ1) is 16.1. The monoisotopic (exact) mass is 342 g/mol. The van der Waals surface area contributed by atoms with Gasteiger partial charge in [-0.25, -0.2) is 0 Å². The van der Waals surface area contributed by atoms with Crippen LogP contribution in [0.1, 0.15) is 37.4 Å². The number of carbonyl (C=O) groups excluding carboxylic acids is 2. The van der Waals surface area contributed by atoms with Gasteiger partial charge in [-0.3, -0.25) is 9.59 Å². The number of carbonyl (C=O) groups is 2. The van der Waals surface area contributed by atoms with Crippen LogP contribution in [0.4, 0.5) is 17.1 Å². The van der Waals surface area contributed by atoms with Crippen LogP contribution in [0, 0.1) is 6.92 Å². The second-order valence-corrected chi connectivity index (χ2v) is 6.31. The summed E-state index contributed by atoms with van der Waals surface area (Å²) in [6, 6.07) is 18.5. The van der Waals surface area contributed by atoms with Crippen LogP contribution in [0.3, 0.4) is 0 Å². The SMILES string of the molecule is CNc1c(C)cc(Nc2ccccc2)c2c1C(=O)c1ccccc1C2=O. The van der Waals surface area contributed by atoms with Gasteiger partial charge >= 0.3 is 0 Å². The van der Waals surface area contributed by atoms with Gasteiger partial charge in [-0.05, 0) is 30.7 Å². The normalized spacial score (nSPS) is 12.4. The Hall–Kier alpha value is -3.40. The van der Waals surface area contributed by atoms with Crippen LogP contribution in [-0.4, -0.2) is 18.6 Å². The largest absolute Gasteiger partial charge is 0.387 e. The number of fused-ring (bicyclic) bond motifs is 2. The van der Waals surface area contributed by atoms with Gasteiger partial charge in [-0.15, -0.1) is 0 Å². The topological polar surface area (TPSA) is 58.2 Å². The number of aryl methyl sites for hydroxylation is 1. The third-order valence-corrected chi connectivity index (χ3v) is 4.70. The van der Waals surface area contributed by atoms with Gasteiger partial charge in [-0.1, -0.05) is 42.5 Å². The van der Waals surface area contributed by atoms with E-state index < -0.39 is 0 Å². The van der Waals surface area contributed by atoms with Crippen LogP contribution in [0.2, 0.25) is 0 Å². The molecule has 0 unspecified atom stereocenters. The number of hydrogen-bond acceptors (Lipinski definition) is 4. The van der Waals surface area contributed by atoms with Gasteiger partial charge in [0.25, 0.3) is 0 Å². The van der Waals surface area contributed by atoms with Gasteiger partial charge < -0.3 is 10.6 Å². The van der Waals surface area contributed by atoms with Crippen LogP contribution in [0.25, 0.3) is 0 Å². The molecule has 0 aliphatic heterocycles. The molecule has 0 bridgehead atoms. The first-order chi connectivity index (χ1) is 12.6. The molecule has 0 saturated carbocycles. The Balaban J connectivity index is 1.98. The minimum atomic E-state index is -0.134. The number of anilines is 3. The fourth-order valence-corrected chi connectivity index (χ4v) is 3.53. The van der Waals surface area contributed by atoms with E-state index >= 15 is 0 Å². The highest BCUT2D eigenvalue weighted by atomic mass is 16.1. The predicted molar refractivity (Wildman–Crippen MR) is 104 cm³/mol. The highest BCUT2D eigenvalue weighted by molar-refractivity contribution is 6.32. The lowest BCUT2D eigenvalue weighted by molar-refractivity contribution is 0.0980. The molecule has 26 heavy (non-hydrogen) atoms. The van der Waals surface area contributed by atoms with E-state index in [0.29, 0.717) is 33.6 Å². The summed E-state index contributed by atoms with van der Waals surface area (Å²) in [6.07, 6.45) is 0. The maximum Gasteiger partial charge on any atom is 0.196 e. The Morgan fingerprint density at radius 2 is 1.35 bits per heavy atom. The molecule has 1 aliphatic rings. The van der Waals surface area contributed by atoms with E-state index in [1.54, 1.807) is 31.3 Å². The van der Waals surface area contributed by atoms with Crippen molar-refractivity contribution in [1.29, 1.82) is 0 Å². The molecule has 0 aromatic heterocycles. The third kappa shape index (κ3) is 2.39. The standard InChI is InChI=1S/C22H18N2O2/c1-13-12-17(24-14-8-4-3-5-9-14)18-19(20(13)23-2)22(26)16-11-7-6-10-15(16)21(18)25/h3-12,23-24H,1-2H3. The second-order valence-electron chi connectivity index (χ2n) is 6.31. The van der Waals surface area contributed by atoms with Crippen molar-refractivity contribution in [3.05, 3.63) is 88.5 Å². The highest BCUT2D eigenvalue weighted by Gasteiger charge is 2.34.